The van der Waals surface area contributed by atoms with Gasteiger partial charge in [-0.1, -0.05) is 12.1 Å². The normalized spacial score (nSPS) is 17.5. The van der Waals surface area contributed by atoms with Gasteiger partial charge in [-0.15, -0.1) is 0 Å². The number of likely N-dealkylation sites (N-methyl/N-ethyl adjacent to an activating group) is 1. The second-order valence-corrected chi connectivity index (χ2v) is 6.81. The highest BCUT2D eigenvalue weighted by Gasteiger charge is 2.22. The lowest BCUT2D eigenvalue weighted by molar-refractivity contribution is -0.900. The SMILES string of the molecule is CC[NH+]1CC[N+](=c2cc(-c3ccc(OC)cc3)oc3ccccc23)CC1. The van der Waals surface area contributed by atoms with Crippen molar-refractivity contribution in [2.45, 2.75) is 6.92 Å². The van der Waals surface area contributed by atoms with E-state index in [2.05, 4.69) is 47.9 Å². The molecule has 1 fully saturated rings. The maximum atomic E-state index is 6.22. The van der Waals surface area contributed by atoms with Crippen molar-refractivity contribution in [1.29, 1.82) is 0 Å². The van der Waals surface area contributed by atoms with E-state index in [-0.39, 0.29) is 0 Å². The molecule has 4 rings (SSSR count). The van der Waals surface area contributed by atoms with Gasteiger partial charge in [-0.3, -0.25) is 0 Å². The maximum Gasteiger partial charge on any atom is 0.215 e. The van der Waals surface area contributed by atoms with Crippen LogP contribution in [0.1, 0.15) is 6.92 Å². The average molecular weight is 350 g/mol. The van der Waals surface area contributed by atoms with Crippen LogP contribution in [0.2, 0.25) is 0 Å². The van der Waals surface area contributed by atoms with Crippen LogP contribution in [0, 0.1) is 0 Å². The molecule has 0 bridgehead atoms. The molecule has 1 aromatic heterocycles. The lowest BCUT2D eigenvalue weighted by Gasteiger charge is -2.20. The second-order valence-electron chi connectivity index (χ2n) is 6.81. The van der Waals surface area contributed by atoms with E-state index < -0.39 is 0 Å². The molecule has 0 radical (unpaired) electrons. The van der Waals surface area contributed by atoms with Gasteiger partial charge in [-0.25, -0.2) is 4.58 Å². The number of fused-ring (bicyclic) bond motifs is 1. The molecule has 1 N–H and O–H groups in total. The molecule has 0 atom stereocenters. The number of nitrogens with one attached hydrogen (secondary N) is 1. The molecule has 0 unspecified atom stereocenters. The smallest absolute Gasteiger partial charge is 0.215 e. The predicted octanol–water partition coefficient (Wildman–Crippen LogP) is 1.80. The second kappa shape index (κ2) is 7.34. The Morgan fingerprint density at radius 3 is 2.46 bits per heavy atom. The standard InChI is InChI=1S/C22H25N2O2/c1-3-23-12-14-24(15-13-23)20-16-22(17-8-10-18(25-2)11-9-17)26-21-7-5-4-6-19(20)21/h4-11,16H,3,12-15H2,1-2H3/q+1/p+1. The van der Waals surface area contributed by atoms with E-state index in [4.69, 9.17) is 9.15 Å². The van der Waals surface area contributed by atoms with Crippen LogP contribution in [0.4, 0.5) is 0 Å². The average Bonchev–Trinajstić information content (AvgIpc) is 2.73. The summed E-state index contributed by atoms with van der Waals surface area (Å²) in [6, 6.07) is 18.6. The molecule has 0 saturated carbocycles. The van der Waals surface area contributed by atoms with Crippen molar-refractivity contribution in [3.8, 4) is 17.1 Å². The Labute approximate surface area is 154 Å². The summed E-state index contributed by atoms with van der Waals surface area (Å²) < 4.78 is 14.0. The van der Waals surface area contributed by atoms with Crippen molar-refractivity contribution < 1.29 is 14.1 Å². The first-order valence-electron chi connectivity index (χ1n) is 9.37. The number of para-hydroxylation sites is 1. The quantitative estimate of drug-likeness (QED) is 0.730. The Hall–Kier alpha value is -2.59. The summed E-state index contributed by atoms with van der Waals surface area (Å²) in [7, 11) is 1.69. The molecule has 1 aliphatic heterocycles. The minimum absolute atomic E-state index is 0.855. The number of hydrogen-bond acceptors (Lipinski definition) is 2. The number of quaternary nitrogens is 1. The number of methoxy groups -OCH3 is 1. The van der Waals surface area contributed by atoms with Crippen molar-refractivity contribution >= 4 is 11.0 Å². The van der Waals surface area contributed by atoms with Gasteiger partial charge in [0.05, 0.1) is 25.1 Å². The van der Waals surface area contributed by atoms with E-state index in [1.165, 1.54) is 30.4 Å². The highest BCUT2D eigenvalue weighted by Crippen LogP contribution is 2.24. The number of ether oxygens (including phenoxy) is 1. The van der Waals surface area contributed by atoms with Crippen molar-refractivity contribution in [1.82, 2.24) is 4.58 Å². The first kappa shape index (κ1) is 16.9. The van der Waals surface area contributed by atoms with E-state index in [1.54, 1.807) is 12.0 Å². The van der Waals surface area contributed by atoms with Crippen molar-refractivity contribution in [3.63, 3.8) is 0 Å². The Bertz CT molecular complexity index is 963. The first-order chi connectivity index (χ1) is 12.8. The Kier molecular flexibility index (Phi) is 4.76. The van der Waals surface area contributed by atoms with Crippen LogP contribution in [0.25, 0.3) is 22.3 Å². The van der Waals surface area contributed by atoms with Gasteiger partial charge in [0.2, 0.25) is 5.36 Å². The van der Waals surface area contributed by atoms with Gasteiger partial charge < -0.3 is 14.1 Å². The van der Waals surface area contributed by atoms with Crippen molar-refractivity contribution in [2.75, 3.05) is 39.8 Å². The number of rotatable bonds is 3. The van der Waals surface area contributed by atoms with Gasteiger partial charge >= 0.3 is 0 Å². The minimum atomic E-state index is 0.855. The highest BCUT2D eigenvalue weighted by atomic mass is 16.5. The van der Waals surface area contributed by atoms with Gasteiger partial charge in [0, 0.05) is 5.56 Å². The fourth-order valence-corrected chi connectivity index (χ4v) is 3.69. The van der Waals surface area contributed by atoms with Crippen LogP contribution in [0.5, 0.6) is 5.75 Å². The molecule has 134 valence electrons. The van der Waals surface area contributed by atoms with E-state index in [0.29, 0.717) is 0 Å². The van der Waals surface area contributed by atoms with Crippen LogP contribution < -0.4 is 19.6 Å². The number of nitrogens with zero attached hydrogens (tertiary/aromatic N) is 1. The van der Waals surface area contributed by atoms with Crippen molar-refractivity contribution in [3.05, 3.63) is 60.0 Å². The molecular weight excluding hydrogens is 324 g/mol. The van der Waals surface area contributed by atoms with E-state index in [9.17, 15) is 0 Å². The van der Waals surface area contributed by atoms with Crippen LogP contribution in [0.3, 0.4) is 0 Å². The molecular formula is C22H26N2O2+2. The zero-order chi connectivity index (χ0) is 17.9. The van der Waals surface area contributed by atoms with Crippen LogP contribution in [-0.2, 0) is 0 Å². The third kappa shape index (κ3) is 3.25. The molecule has 0 amide bonds. The summed E-state index contributed by atoms with van der Waals surface area (Å²) in [5.74, 6) is 1.75. The van der Waals surface area contributed by atoms with Crippen LogP contribution in [-0.4, -0.2) is 39.8 Å². The van der Waals surface area contributed by atoms with Gasteiger partial charge in [-0.2, -0.15) is 0 Å². The maximum absolute atomic E-state index is 6.22. The molecule has 1 aliphatic rings. The summed E-state index contributed by atoms with van der Waals surface area (Å²) in [5, 5.41) is 2.46. The highest BCUT2D eigenvalue weighted by molar-refractivity contribution is 5.78. The summed E-state index contributed by atoms with van der Waals surface area (Å²) >= 11 is 0. The molecule has 26 heavy (non-hydrogen) atoms. The zero-order valence-corrected chi connectivity index (χ0v) is 15.5. The topological polar surface area (TPSA) is 29.8 Å². The van der Waals surface area contributed by atoms with E-state index in [0.717, 1.165) is 35.7 Å². The van der Waals surface area contributed by atoms with E-state index >= 15 is 0 Å². The summed E-state index contributed by atoms with van der Waals surface area (Å²) in [6.45, 7) is 8.02. The summed E-state index contributed by atoms with van der Waals surface area (Å²) in [5.41, 5.74) is 2.00. The third-order valence-electron chi connectivity index (χ3n) is 5.34. The van der Waals surface area contributed by atoms with Crippen LogP contribution >= 0.6 is 0 Å². The minimum Gasteiger partial charge on any atom is -0.497 e. The van der Waals surface area contributed by atoms with E-state index in [1.807, 2.05) is 18.2 Å². The monoisotopic (exact) mass is 350 g/mol. The van der Waals surface area contributed by atoms with Gasteiger partial charge in [-0.05, 0) is 43.3 Å². The van der Waals surface area contributed by atoms with Gasteiger partial charge in [0.15, 0.2) is 13.1 Å². The Morgan fingerprint density at radius 1 is 1.04 bits per heavy atom. The Morgan fingerprint density at radius 2 is 1.77 bits per heavy atom. The molecule has 3 aromatic rings. The number of benzene rings is 2. The lowest BCUT2D eigenvalue weighted by Crippen LogP contribution is -3.14. The summed E-state index contributed by atoms with van der Waals surface area (Å²) in [6.07, 6.45) is 0. The lowest BCUT2D eigenvalue weighted by atomic mass is 10.1. The zero-order valence-electron chi connectivity index (χ0n) is 15.5. The molecule has 0 spiro atoms. The van der Waals surface area contributed by atoms with Gasteiger partial charge in [0.1, 0.15) is 30.2 Å². The summed E-state index contributed by atoms with van der Waals surface area (Å²) in [4.78, 5) is 1.68. The molecule has 0 aliphatic carbocycles. The molecule has 2 heterocycles. The number of hydrogen-bond donors (Lipinski definition) is 1. The third-order valence-corrected chi connectivity index (χ3v) is 5.34. The molecule has 1 saturated heterocycles. The number of piperazine rings is 1. The molecule has 4 heteroatoms. The molecule has 4 nitrogen and oxygen atoms in total. The first-order valence-corrected chi connectivity index (χ1v) is 9.37. The van der Waals surface area contributed by atoms with Gasteiger partial charge in [0.25, 0.3) is 0 Å². The Balaban J connectivity index is 1.86. The van der Waals surface area contributed by atoms with Crippen LogP contribution in [0.15, 0.2) is 59.0 Å². The largest absolute Gasteiger partial charge is 0.497 e. The fraction of sp³-hybridized carbons (Fsp3) is 0.318. The van der Waals surface area contributed by atoms with Crippen molar-refractivity contribution in [2.24, 2.45) is 0 Å². The molecule has 2 aromatic carbocycles. The predicted molar refractivity (Wildman–Crippen MR) is 104 cm³/mol. The fourth-order valence-electron chi connectivity index (χ4n) is 3.69.